The van der Waals surface area contributed by atoms with Gasteiger partial charge in [-0.15, -0.1) is 0 Å². The first kappa shape index (κ1) is 36.3. The number of pyridine rings is 1. The second kappa shape index (κ2) is 16.2. The summed E-state index contributed by atoms with van der Waals surface area (Å²) in [4.78, 5) is 88.3. The molecule has 2 atom stereocenters. The molecule has 3 heterocycles. The average molecular weight is 695 g/mol. The maximum Gasteiger partial charge on any atom is 0.409 e. The number of hydrogen-bond donors (Lipinski definition) is 2. The molecule has 3 aliphatic rings. The van der Waals surface area contributed by atoms with Gasteiger partial charge in [0.1, 0.15) is 23.5 Å². The number of nitrogens with zero attached hydrogens (tertiary/aromatic N) is 5. The van der Waals surface area contributed by atoms with Crippen LogP contribution in [0.15, 0.2) is 24.3 Å². The summed E-state index contributed by atoms with van der Waals surface area (Å²) in [7, 11) is 1.80. The lowest BCUT2D eigenvalue weighted by atomic mass is 9.91. The number of amides is 5. The summed E-state index contributed by atoms with van der Waals surface area (Å²) in [5.41, 5.74) is 1.22. The number of carboxylic acid groups (broad SMARTS) is 1. The van der Waals surface area contributed by atoms with Crippen molar-refractivity contribution in [3.63, 3.8) is 0 Å². The first-order chi connectivity index (χ1) is 24.0. The monoisotopic (exact) mass is 694 g/mol. The molecule has 2 aromatic rings. The van der Waals surface area contributed by atoms with Crippen molar-refractivity contribution in [2.24, 2.45) is 0 Å². The number of carbonyl (C=O) groups excluding carboxylic acids is 5. The standard InChI is InChI=1S/C35H46N6O9/c1-4-49-35(48)40-17-15-39(16-18-40)33(46)25(12-13-31(43)44)37-32(45)27-20-29(24-11-10-22(2)19-26(24)36-27)50-21-30(42)41-14-6-9-28(41)34(47)38(3)23-7-5-8-23/h10-11,19-20,23,25,28H,4-9,12-18,21H2,1-3H3,(H,37,45)(H,43,44). The third-order valence-corrected chi connectivity index (χ3v) is 9.71. The number of nitrogens with one attached hydrogen (secondary N) is 1. The van der Waals surface area contributed by atoms with Crippen LogP contribution in [0.5, 0.6) is 5.75 Å². The summed E-state index contributed by atoms with van der Waals surface area (Å²) in [6.45, 7) is 4.74. The van der Waals surface area contributed by atoms with Crippen molar-refractivity contribution < 1.29 is 43.3 Å². The number of rotatable bonds is 12. The van der Waals surface area contributed by atoms with Crippen LogP contribution in [0.1, 0.15) is 67.9 Å². The highest BCUT2D eigenvalue weighted by Crippen LogP contribution is 2.29. The Kier molecular flexibility index (Phi) is 11.8. The van der Waals surface area contributed by atoms with E-state index in [0.717, 1.165) is 24.8 Å². The summed E-state index contributed by atoms with van der Waals surface area (Å²) in [6.07, 6.45) is 3.34. The van der Waals surface area contributed by atoms with Gasteiger partial charge in [0.15, 0.2) is 6.61 Å². The summed E-state index contributed by atoms with van der Waals surface area (Å²) in [5, 5.41) is 12.6. The van der Waals surface area contributed by atoms with E-state index in [1.807, 2.05) is 13.0 Å². The third kappa shape index (κ3) is 8.43. The molecule has 15 nitrogen and oxygen atoms in total. The van der Waals surface area contributed by atoms with Crippen molar-refractivity contribution in [2.45, 2.75) is 76.9 Å². The molecule has 1 aromatic heterocycles. The highest BCUT2D eigenvalue weighted by atomic mass is 16.6. The summed E-state index contributed by atoms with van der Waals surface area (Å²) in [6, 6.07) is 5.31. The zero-order valence-corrected chi connectivity index (χ0v) is 28.9. The Bertz CT molecular complexity index is 1620. The van der Waals surface area contributed by atoms with E-state index in [-0.39, 0.29) is 81.5 Å². The van der Waals surface area contributed by atoms with Gasteiger partial charge in [-0.1, -0.05) is 6.07 Å². The largest absolute Gasteiger partial charge is 0.483 e. The van der Waals surface area contributed by atoms with Gasteiger partial charge in [0.05, 0.1) is 12.1 Å². The third-order valence-electron chi connectivity index (χ3n) is 9.71. The molecule has 1 aromatic carbocycles. The fraction of sp³-hybridized carbons (Fsp3) is 0.571. The Morgan fingerprint density at radius 3 is 2.38 bits per heavy atom. The minimum Gasteiger partial charge on any atom is -0.483 e. The first-order valence-corrected chi connectivity index (χ1v) is 17.3. The normalized spacial score (nSPS) is 18.3. The van der Waals surface area contributed by atoms with Crippen molar-refractivity contribution in [2.75, 3.05) is 53.0 Å². The number of carboxylic acids is 1. The number of ether oxygens (including phenoxy) is 2. The second-order valence-electron chi connectivity index (χ2n) is 13.1. The molecule has 0 spiro atoms. The summed E-state index contributed by atoms with van der Waals surface area (Å²) < 4.78 is 11.1. The van der Waals surface area contributed by atoms with Crippen molar-refractivity contribution >= 4 is 46.6 Å². The van der Waals surface area contributed by atoms with Crippen molar-refractivity contribution in [1.29, 1.82) is 0 Å². The maximum absolute atomic E-state index is 13.7. The molecular formula is C35H46N6O9. The van der Waals surface area contributed by atoms with Crippen molar-refractivity contribution in [3.8, 4) is 5.75 Å². The lowest BCUT2D eigenvalue weighted by molar-refractivity contribution is -0.146. The van der Waals surface area contributed by atoms with Gasteiger partial charge in [0.25, 0.3) is 11.8 Å². The van der Waals surface area contributed by atoms with Gasteiger partial charge in [-0.05, 0) is 70.1 Å². The first-order valence-electron chi connectivity index (χ1n) is 17.3. The molecule has 270 valence electrons. The predicted molar refractivity (Wildman–Crippen MR) is 180 cm³/mol. The van der Waals surface area contributed by atoms with Crippen LogP contribution in [0.4, 0.5) is 4.79 Å². The Labute approximate surface area is 290 Å². The van der Waals surface area contributed by atoms with Gasteiger partial charge in [-0.3, -0.25) is 24.0 Å². The fourth-order valence-electron chi connectivity index (χ4n) is 6.58. The van der Waals surface area contributed by atoms with Crippen molar-refractivity contribution in [1.82, 2.24) is 29.9 Å². The zero-order chi connectivity index (χ0) is 35.9. The Morgan fingerprint density at radius 2 is 1.72 bits per heavy atom. The van der Waals surface area contributed by atoms with E-state index in [4.69, 9.17) is 9.47 Å². The number of likely N-dealkylation sites (N-methyl/N-ethyl adjacent to an activating group) is 1. The lowest BCUT2D eigenvalue weighted by Gasteiger charge is -2.37. The van der Waals surface area contributed by atoms with Gasteiger partial charge >= 0.3 is 12.1 Å². The quantitative estimate of drug-likeness (QED) is 0.335. The molecule has 0 bridgehead atoms. The van der Waals surface area contributed by atoms with Crippen LogP contribution in [0.2, 0.25) is 0 Å². The Balaban J connectivity index is 1.30. The number of hydrogen-bond acceptors (Lipinski definition) is 9. The molecule has 2 N–H and O–H groups in total. The van der Waals surface area contributed by atoms with E-state index in [2.05, 4.69) is 10.3 Å². The molecule has 5 amide bonds. The van der Waals surface area contributed by atoms with Crippen molar-refractivity contribution in [3.05, 3.63) is 35.5 Å². The number of aryl methyl sites for hydroxylation is 1. The molecule has 1 aliphatic carbocycles. The molecule has 1 saturated carbocycles. The molecule has 15 heteroatoms. The number of aliphatic carboxylic acids is 1. The molecule has 0 radical (unpaired) electrons. The predicted octanol–water partition coefficient (Wildman–Crippen LogP) is 2.19. The van der Waals surface area contributed by atoms with Gasteiger partial charge in [-0.25, -0.2) is 9.78 Å². The molecule has 2 saturated heterocycles. The topological polar surface area (TPSA) is 179 Å². The molecular weight excluding hydrogens is 648 g/mol. The van der Waals surface area contributed by atoms with Crippen LogP contribution in [0.3, 0.4) is 0 Å². The Morgan fingerprint density at radius 1 is 1.00 bits per heavy atom. The van der Waals surface area contributed by atoms with Crippen LogP contribution < -0.4 is 10.1 Å². The highest BCUT2D eigenvalue weighted by Gasteiger charge is 2.38. The van der Waals surface area contributed by atoms with Gasteiger partial charge < -0.3 is 39.5 Å². The van der Waals surface area contributed by atoms with Crippen LogP contribution in [-0.2, 0) is 23.9 Å². The number of carbonyl (C=O) groups is 6. The fourth-order valence-corrected chi connectivity index (χ4v) is 6.58. The number of piperazine rings is 1. The lowest BCUT2D eigenvalue weighted by Crippen LogP contribution is -2.56. The SMILES string of the molecule is CCOC(=O)N1CCN(C(=O)C(CCC(=O)O)NC(=O)c2cc(OCC(=O)N3CCCC3C(=O)N(C)C3CCC3)c3ccc(C)cc3n2)CC1. The average Bonchev–Trinajstić information content (AvgIpc) is 3.57. The second-order valence-corrected chi connectivity index (χ2v) is 13.1. The molecule has 2 unspecified atom stereocenters. The van der Waals surface area contributed by atoms with E-state index >= 15 is 0 Å². The van der Waals surface area contributed by atoms with Gasteiger partial charge in [-0.2, -0.15) is 0 Å². The Hall–Kier alpha value is -4.95. The number of fused-ring (bicyclic) bond motifs is 1. The molecule has 2 aliphatic heterocycles. The van der Waals surface area contributed by atoms with Gasteiger partial charge in [0, 0.05) is 63.7 Å². The number of benzene rings is 1. The number of aromatic nitrogens is 1. The molecule has 50 heavy (non-hydrogen) atoms. The van der Waals surface area contributed by atoms with E-state index in [1.165, 1.54) is 15.9 Å². The summed E-state index contributed by atoms with van der Waals surface area (Å²) >= 11 is 0. The molecule has 3 fully saturated rings. The minimum absolute atomic E-state index is 0.0581. The van der Waals surface area contributed by atoms with E-state index in [1.54, 1.807) is 35.9 Å². The van der Waals surface area contributed by atoms with Crippen LogP contribution in [0.25, 0.3) is 10.9 Å². The highest BCUT2D eigenvalue weighted by molar-refractivity contribution is 5.99. The minimum atomic E-state index is -1.17. The van der Waals surface area contributed by atoms with Crippen LogP contribution in [-0.4, -0.2) is 136 Å². The molecule has 5 rings (SSSR count). The van der Waals surface area contributed by atoms with E-state index in [0.29, 0.717) is 30.3 Å². The summed E-state index contributed by atoms with van der Waals surface area (Å²) in [5.74, 6) is -2.49. The number of likely N-dealkylation sites (tertiary alicyclic amines) is 1. The van der Waals surface area contributed by atoms with E-state index < -0.39 is 36.0 Å². The van der Waals surface area contributed by atoms with Crippen LogP contribution in [0, 0.1) is 6.92 Å². The van der Waals surface area contributed by atoms with Crippen LogP contribution >= 0.6 is 0 Å². The maximum atomic E-state index is 13.7. The van der Waals surface area contributed by atoms with E-state index in [9.17, 15) is 33.9 Å². The zero-order valence-electron chi connectivity index (χ0n) is 28.9. The van der Waals surface area contributed by atoms with Gasteiger partial charge in [0.2, 0.25) is 11.8 Å². The smallest absolute Gasteiger partial charge is 0.409 e.